The molecule has 3 aromatic rings. The normalized spacial score (nSPS) is 16.1. The molecule has 29 heavy (non-hydrogen) atoms. The molecule has 1 saturated heterocycles. The molecule has 1 aliphatic rings. The van der Waals surface area contributed by atoms with Gasteiger partial charge in [-0.3, -0.25) is 4.68 Å². The summed E-state index contributed by atoms with van der Waals surface area (Å²) < 4.78 is 1.75. The Morgan fingerprint density at radius 2 is 2.07 bits per heavy atom. The van der Waals surface area contributed by atoms with Crippen molar-refractivity contribution in [3.8, 4) is 11.3 Å². The molecule has 0 spiro atoms. The van der Waals surface area contributed by atoms with Crippen LogP contribution in [0.15, 0.2) is 53.8 Å². The van der Waals surface area contributed by atoms with Gasteiger partial charge in [-0.25, -0.2) is 14.8 Å². The molecule has 0 saturated carbocycles. The van der Waals surface area contributed by atoms with Gasteiger partial charge >= 0.3 is 6.03 Å². The minimum absolute atomic E-state index is 0.0473. The van der Waals surface area contributed by atoms with Crippen molar-refractivity contribution in [2.45, 2.75) is 17.4 Å². The lowest BCUT2D eigenvalue weighted by atomic mass is 10.2. The van der Waals surface area contributed by atoms with Crippen LogP contribution in [0.5, 0.6) is 0 Å². The summed E-state index contributed by atoms with van der Waals surface area (Å²) in [6, 6.07) is 9.52. The van der Waals surface area contributed by atoms with E-state index in [9.17, 15) is 4.79 Å². The van der Waals surface area contributed by atoms with E-state index in [1.54, 1.807) is 28.8 Å². The summed E-state index contributed by atoms with van der Waals surface area (Å²) >= 11 is 1.67. The molecule has 1 unspecified atom stereocenters. The minimum Gasteiger partial charge on any atom is -0.339 e. The zero-order chi connectivity index (χ0) is 20.2. The van der Waals surface area contributed by atoms with Crippen molar-refractivity contribution in [2.24, 2.45) is 7.05 Å². The molecule has 2 amide bonds. The van der Waals surface area contributed by atoms with Crippen molar-refractivity contribution in [2.75, 3.05) is 29.6 Å². The number of carbonyl (C=O) groups excluding carboxylic acids is 1. The summed E-state index contributed by atoms with van der Waals surface area (Å²) in [5.74, 6) is 0.670. The van der Waals surface area contributed by atoms with Crippen LogP contribution in [-0.4, -0.2) is 51.2 Å². The molecule has 150 valence electrons. The quantitative estimate of drug-likeness (QED) is 0.630. The van der Waals surface area contributed by atoms with Gasteiger partial charge in [0.25, 0.3) is 0 Å². The SMILES string of the molecule is CSc1ccc(NC(=O)NC2CCN(c3nccc(-c4cnn(C)c4)n3)C2)cc1. The first-order valence-corrected chi connectivity index (χ1v) is 10.6. The van der Waals surface area contributed by atoms with Crippen LogP contribution in [0.4, 0.5) is 16.4 Å². The summed E-state index contributed by atoms with van der Waals surface area (Å²) in [6.45, 7) is 1.47. The number of urea groups is 1. The van der Waals surface area contributed by atoms with Crippen molar-refractivity contribution < 1.29 is 4.79 Å². The molecular weight excluding hydrogens is 386 g/mol. The monoisotopic (exact) mass is 409 g/mol. The maximum atomic E-state index is 12.3. The van der Waals surface area contributed by atoms with Crippen molar-refractivity contribution in [1.29, 1.82) is 0 Å². The van der Waals surface area contributed by atoms with Crippen LogP contribution in [0.25, 0.3) is 11.3 Å². The second kappa shape index (κ2) is 8.52. The maximum Gasteiger partial charge on any atom is 0.319 e. The molecule has 2 N–H and O–H groups in total. The number of aromatic nitrogens is 4. The van der Waals surface area contributed by atoms with E-state index in [1.165, 1.54) is 0 Å². The fourth-order valence-electron chi connectivity index (χ4n) is 3.30. The predicted molar refractivity (Wildman–Crippen MR) is 115 cm³/mol. The Balaban J connectivity index is 1.34. The molecule has 1 fully saturated rings. The third kappa shape index (κ3) is 4.68. The highest BCUT2D eigenvalue weighted by molar-refractivity contribution is 7.98. The van der Waals surface area contributed by atoms with Gasteiger partial charge in [-0.05, 0) is 43.0 Å². The molecule has 0 bridgehead atoms. The molecule has 1 atom stereocenters. The highest BCUT2D eigenvalue weighted by Gasteiger charge is 2.26. The molecule has 3 heterocycles. The molecule has 4 rings (SSSR count). The second-order valence-corrected chi connectivity index (χ2v) is 7.78. The van der Waals surface area contributed by atoms with Gasteiger partial charge in [-0.2, -0.15) is 5.10 Å². The standard InChI is InChI=1S/C20H23N7OS/c1-26-12-14(11-22-26)18-7-9-21-19(25-18)27-10-8-16(13-27)24-20(28)23-15-3-5-17(29-2)6-4-15/h3-7,9,11-12,16H,8,10,13H2,1-2H3,(H2,23,24,28). The number of benzene rings is 1. The molecule has 9 heteroatoms. The number of aryl methyl sites for hydroxylation is 1. The molecule has 0 radical (unpaired) electrons. The van der Waals surface area contributed by atoms with Gasteiger partial charge in [0.1, 0.15) is 0 Å². The lowest BCUT2D eigenvalue weighted by molar-refractivity contribution is 0.249. The minimum atomic E-state index is -0.196. The fourth-order valence-corrected chi connectivity index (χ4v) is 3.71. The van der Waals surface area contributed by atoms with E-state index in [2.05, 4.69) is 30.6 Å². The molecule has 1 aliphatic heterocycles. The van der Waals surface area contributed by atoms with Crippen LogP contribution in [0.1, 0.15) is 6.42 Å². The van der Waals surface area contributed by atoms with Crippen LogP contribution < -0.4 is 15.5 Å². The van der Waals surface area contributed by atoms with Crippen LogP contribution in [0.2, 0.25) is 0 Å². The number of nitrogens with zero attached hydrogens (tertiary/aromatic N) is 5. The van der Waals surface area contributed by atoms with E-state index in [0.717, 1.165) is 34.8 Å². The first-order chi connectivity index (χ1) is 14.1. The van der Waals surface area contributed by atoms with E-state index in [1.807, 2.05) is 49.8 Å². The Morgan fingerprint density at radius 1 is 1.24 bits per heavy atom. The number of amides is 2. The van der Waals surface area contributed by atoms with Crippen LogP contribution in [0, 0.1) is 0 Å². The van der Waals surface area contributed by atoms with Crippen LogP contribution in [-0.2, 0) is 7.05 Å². The molecule has 2 aromatic heterocycles. The molecule has 0 aliphatic carbocycles. The van der Waals surface area contributed by atoms with Crippen molar-refractivity contribution in [3.05, 3.63) is 48.9 Å². The van der Waals surface area contributed by atoms with E-state index in [0.29, 0.717) is 12.5 Å². The topological polar surface area (TPSA) is 88.0 Å². The number of rotatable bonds is 5. The first kappa shape index (κ1) is 19.3. The van der Waals surface area contributed by atoms with Gasteiger partial charge in [0.15, 0.2) is 0 Å². The Bertz CT molecular complexity index is 989. The van der Waals surface area contributed by atoms with Gasteiger partial charge in [0, 0.05) is 54.7 Å². The van der Waals surface area contributed by atoms with Crippen LogP contribution in [0.3, 0.4) is 0 Å². The smallest absolute Gasteiger partial charge is 0.319 e. The predicted octanol–water partition coefficient (Wildman–Crippen LogP) is 3.00. The largest absolute Gasteiger partial charge is 0.339 e. The summed E-state index contributed by atoms with van der Waals surface area (Å²) in [7, 11) is 1.88. The fraction of sp³-hybridized carbons (Fsp3) is 0.300. The van der Waals surface area contributed by atoms with Gasteiger partial charge in [0.2, 0.25) is 5.95 Å². The Kier molecular flexibility index (Phi) is 5.66. The van der Waals surface area contributed by atoms with Gasteiger partial charge in [-0.15, -0.1) is 11.8 Å². The van der Waals surface area contributed by atoms with E-state index in [-0.39, 0.29) is 12.1 Å². The number of anilines is 2. The molecular formula is C20H23N7OS. The average molecular weight is 410 g/mol. The zero-order valence-electron chi connectivity index (χ0n) is 16.4. The third-order valence-corrected chi connectivity index (χ3v) is 5.54. The Hall–Kier alpha value is -3.07. The second-order valence-electron chi connectivity index (χ2n) is 6.90. The number of nitrogens with one attached hydrogen (secondary N) is 2. The first-order valence-electron chi connectivity index (χ1n) is 9.39. The summed E-state index contributed by atoms with van der Waals surface area (Å²) in [4.78, 5) is 24.7. The van der Waals surface area contributed by atoms with E-state index in [4.69, 9.17) is 0 Å². The van der Waals surface area contributed by atoms with E-state index >= 15 is 0 Å². The van der Waals surface area contributed by atoms with Crippen molar-refractivity contribution >= 4 is 29.4 Å². The summed E-state index contributed by atoms with van der Waals surface area (Å²) in [6.07, 6.45) is 8.35. The maximum absolute atomic E-state index is 12.3. The lowest BCUT2D eigenvalue weighted by Crippen LogP contribution is -2.39. The van der Waals surface area contributed by atoms with Crippen molar-refractivity contribution in [1.82, 2.24) is 25.1 Å². The van der Waals surface area contributed by atoms with Crippen LogP contribution >= 0.6 is 11.8 Å². The highest BCUT2D eigenvalue weighted by Crippen LogP contribution is 2.21. The number of hydrogen-bond donors (Lipinski definition) is 2. The van der Waals surface area contributed by atoms with Gasteiger partial charge < -0.3 is 15.5 Å². The number of hydrogen-bond acceptors (Lipinski definition) is 6. The third-order valence-electron chi connectivity index (χ3n) is 4.80. The Labute approximate surface area is 173 Å². The Morgan fingerprint density at radius 3 is 2.79 bits per heavy atom. The van der Waals surface area contributed by atoms with Gasteiger partial charge in [-0.1, -0.05) is 0 Å². The average Bonchev–Trinajstić information content (AvgIpc) is 3.38. The summed E-state index contributed by atoms with van der Waals surface area (Å²) in [5, 5.41) is 10.1. The summed E-state index contributed by atoms with van der Waals surface area (Å²) in [5.41, 5.74) is 2.57. The number of carbonyl (C=O) groups is 1. The molecule has 1 aromatic carbocycles. The molecule has 8 nitrogen and oxygen atoms in total. The number of thioether (sulfide) groups is 1. The van der Waals surface area contributed by atoms with E-state index < -0.39 is 0 Å². The van der Waals surface area contributed by atoms with Crippen molar-refractivity contribution in [3.63, 3.8) is 0 Å². The highest BCUT2D eigenvalue weighted by atomic mass is 32.2. The lowest BCUT2D eigenvalue weighted by Gasteiger charge is -2.17. The van der Waals surface area contributed by atoms with Gasteiger partial charge in [0.05, 0.1) is 11.9 Å². The zero-order valence-corrected chi connectivity index (χ0v) is 17.2.